The van der Waals surface area contributed by atoms with Crippen molar-refractivity contribution >= 4 is 5.97 Å². The standard InChI is InChI=1S/C15H14F17NO2/c1-6(34)35-7(5-33(2)3)4-8(16,17)9(18,19)10(20,21)11(22,23)12(24,25)13(26,27)14(28,29)15(30,31)32/h7H,4-5H2,1-3H3. The molecule has 0 amide bonds. The summed E-state index contributed by atoms with van der Waals surface area (Å²) in [5.74, 6) is -58.4. The van der Waals surface area contributed by atoms with Crippen molar-refractivity contribution in [2.45, 2.75) is 67.1 Å². The molecule has 3 nitrogen and oxygen atoms in total. The number of rotatable bonds is 11. The fourth-order valence-corrected chi connectivity index (χ4v) is 2.40. The first-order valence-electron chi connectivity index (χ1n) is 8.49. The second-order valence-electron chi connectivity index (χ2n) is 7.35. The summed E-state index contributed by atoms with van der Waals surface area (Å²) >= 11 is 0. The molecule has 0 heterocycles. The van der Waals surface area contributed by atoms with E-state index in [0.29, 0.717) is 6.92 Å². The van der Waals surface area contributed by atoms with E-state index in [4.69, 9.17) is 0 Å². The first-order chi connectivity index (χ1) is 15.0. The van der Waals surface area contributed by atoms with Gasteiger partial charge in [-0.2, -0.15) is 74.6 Å². The molecule has 0 aromatic heterocycles. The average molecular weight is 563 g/mol. The molecule has 1 atom stereocenters. The fourth-order valence-electron chi connectivity index (χ4n) is 2.40. The van der Waals surface area contributed by atoms with Gasteiger partial charge < -0.3 is 9.64 Å². The second-order valence-corrected chi connectivity index (χ2v) is 7.35. The molecule has 0 aliphatic heterocycles. The third-order valence-corrected chi connectivity index (χ3v) is 4.17. The SMILES string of the molecule is CC(=O)OC(CN(C)C)CC(F)(F)C(F)(F)C(F)(F)C(F)(F)C(F)(F)C(F)(F)C(F)(F)C(F)(F)F. The van der Waals surface area contributed by atoms with Crippen molar-refractivity contribution in [2.24, 2.45) is 0 Å². The van der Waals surface area contributed by atoms with Crippen LogP contribution in [0, 0.1) is 0 Å². The molecule has 0 radical (unpaired) electrons. The predicted molar refractivity (Wildman–Crippen MR) is 79.4 cm³/mol. The van der Waals surface area contributed by atoms with E-state index in [-0.39, 0.29) is 0 Å². The van der Waals surface area contributed by atoms with Crippen LogP contribution in [-0.2, 0) is 9.53 Å². The summed E-state index contributed by atoms with van der Waals surface area (Å²) in [6, 6.07) is 0. The van der Waals surface area contributed by atoms with Gasteiger partial charge in [0.15, 0.2) is 0 Å². The number of carbonyl (C=O) groups is 1. The molecule has 210 valence electrons. The van der Waals surface area contributed by atoms with Crippen LogP contribution in [0.15, 0.2) is 0 Å². The highest BCUT2D eigenvalue weighted by Gasteiger charge is 2.95. The number of alkyl halides is 17. The number of hydrogen-bond acceptors (Lipinski definition) is 3. The van der Waals surface area contributed by atoms with Crippen molar-refractivity contribution in [1.82, 2.24) is 4.90 Å². The van der Waals surface area contributed by atoms with Gasteiger partial charge in [-0.05, 0) is 14.1 Å². The van der Waals surface area contributed by atoms with Crippen molar-refractivity contribution in [1.29, 1.82) is 0 Å². The van der Waals surface area contributed by atoms with Crippen molar-refractivity contribution < 1.29 is 84.2 Å². The van der Waals surface area contributed by atoms with E-state index in [9.17, 15) is 79.4 Å². The molecule has 0 rings (SSSR count). The molecule has 20 heteroatoms. The summed E-state index contributed by atoms with van der Waals surface area (Å²) in [7, 11) is 2.00. The zero-order chi connectivity index (χ0) is 28.9. The van der Waals surface area contributed by atoms with Gasteiger partial charge >= 0.3 is 53.6 Å². The lowest BCUT2D eigenvalue weighted by atomic mass is 9.87. The van der Waals surface area contributed by atoms with Crippen molar-refractivity contribution in [3.63, 3.8) is 0 Å². The average Bonchev–Trinajstić information content (AvgIpc) is 2.57. The molecule has 0 aromatic carbocycles. The molecule has 0 aromatic rings. The van der Waals surface area contributed by atoms with Gasteiger partial charge in [-0.3, -0.25) is 4.79 Å². The van der Waals surface area contributed by atoms with Crippen LogP contribution in [-0.4, -0.2) is 85.2 Å². The van der Waals surface area contributed by atoms with Gasteiger partial charge in [0.05, 0.1) is 6.42 Å². The zero-order valence-electron chi connectivity index (χ0n) is 17.2. The predicted octanol–water partition coefficient (Wildman–Crippen LogP) is 5.88. The van der Waals surface area contributed by atoms with Gasteiger partial charge in [0, 0.05) is 13.5 Å². The summed E-state index contributed by atoms with van der Waals surface area (Å²) in [4.78, 5) is 11.7. The smallest absolute Gasteiger partial charge is 0.460 e. The quantitative estimate of drug-likeness (QED) is 0.233. The molecule has 1 unspecified atom stereocenters. The Labute approximate surface area is 184 Å². The number of nitrogens with zero attached hydrogens (tertiary/aromatic N) is 1. The van der Waals surface area contributed by atoms with Gasteiger partial charge in [-0.15, -0.1) is 0 Å². The maximum atomic E-state index is 14.0. The monoisotopic (exact) mass is 563 g/mol. The number of halogens is 17. The summed E-state index contributed by atoms with van der Waals surface area (Å²) < 4.78 is 229. The third kappa shape index (κ3) is 5.35. The van der Waals surface area contributed by atoms with Crippen LogP contribution in [0.5, 0.6) is 0 Å². The minimum Gasteiger partial charge on any atom is -0.461 e. The number of hydrogen-bond donors (Lipinski definition) is 0. The Balaban J connectivity index is 6.64. The summed E-state index contributed by atoms with van der Waals surface area (Å²) in [5.41, 5.74) is 0. The van der Waals surface area contributed by atoms with Crippen LogP contribution in [0.4, 0.5) is 74.6 Å². The van der Waals surface area contributed by atoms with Gasteiger partial charge in [-0.1, -0.05) is 0 Å². The Morgan fingerprint density at radius 2 is 0.943 bits per heavy atom. The highest BCUT2D eigenvalue weighted by Crippen LogP contribution is 2.64. The van der Waals surface area contributed by atoms with Crippen LogP contribution < -0.4 is 0 Å². The molecule has 0 spiro atoms. The minimum absolute atomic E-state index is 0.477. The number of ether oxygens (including phenoxy) is 1. The highest BCUT2D eigenvalue weighted by atomic mass is 19.4. The second kappa shape index (κ2) is 9.28. The van der Waals surface area contributed by atoms with Gasteiger partial charge in [-0.25, -0.2) is 0 Å². The Bertz CT molecular complexity index is 759. The number of likely N-dealkylation sites (N-methyl/N-ethyl adjacent to an activating group) is 1. The van der Waals surface area contributed by atoms with E-state index in [1.54, 1.807) is 0 Å². The van der Waals surface area contributed by atoms with Gasteiger partial charge in [0.25, 0.3) is 0 Å². The normalized spacial score (nSPS) is 16.5. The lowest BCUT2D eigenvalue weighted by molar-refractivity contribution is -0.462. The molecule has 35 heavy (non-hydrogen) atoms. The van der Waals surface area contributed by atoms with E-state index in [1.807, 2.05) is 0 Å². The van der Waals surface area contributed by atoms with Crippen molar-refractivity contribution in [3.05, 3.63) is 0 Å². The van der Waals surface area contributed by atoms with Crippen LogP contribution in [0.2, 0.25) is 0 Å². The lowest BCUT2D eigenvalue weighted by Gasteiger charge is -2.43. The Morgan fingerprint density at radius 1 is 0.629 bits per heavy atom. The molecular formula is C15H14F17NO2. The Morgan fingerprint density at radius 3 is 1.23 bits per heavy atom. The third-order valence-electron chi connectivity index (χ3n) is 4.17. The fraction of sp³-hybridized carbons (Fsp3) is 0.933. The molecule has 0 saturated heterocycles. The summed E-state index contributed by atoms with van der Waals surface area (Å²) in [6.07, 6.45) is -13.2. The summed E-state index contributed by atoms with van der Waals surface area (Å²) in [6.45, 7) is -0.523. The van der Waals surface area contributed by atoms with Gasteiger partial charge in [0.1, 0.15) is 6.10 Å². The largest absolute Gasteiger partial charge is 0.461 e. The Hall–Kier alpha value is -1.76. The zero-order valence-corrected chi connectivity index (χ0v) is 17.2. The molecular weight excluding hydrogens is 549 g/mol. The topological polar surface area (TPSA) is 29.5 Å². The lowest BCUT2D eigenvalue weighted by Crippen LogP contribution is -2.74. The molecule has 0 aliphatic carbocycles. The maximum absolute atomic E-state index is 14.0. The first-order valence-corrected chi connectivity index (χ1v) is 8.49. The van der Waals surface area contributed by atoms with Crippen LogP contribution in [0.25, 0.3) is 0 Å². The number of esters is 1. The van der Waals surface area contributed by atoms with E-state index in [2.05, 4.69) is 4.74 Å². The van der Waals surface area contributed by atoms with E-state index in [0.717, 1.165) is 19.0 Å². The van der Waals surface area contributed by atoms with E-state index < -0.39 is 72.7 Å². The highest BCUT2D eigenvalue weighted by molar-refractivity contribution is 5.66. The first kappa shape index (κ1) is 33.2. The molecule has 0 N–H and O–H groups in total. The molecule has 0 fully saturated rings. The van der Waals surface area contributed by atoms with Crippen molar-refractivity contribution in [3.8, 4) is 0 Å². The maximum Gasteiger partial charge on any atom is 0.460 e. The minimum atomic E-state index is -8.68. The van der Waals surface area contributed by atoms with Gasteiger partial charge in [0.2, 0.25) is 0 Å². The number of carbonyl (C=O) groups excluding carboxylic acids is 1. The van der Waals surface area contributed by atoms with Crippen LogP contribution in [0.3, 0.4) is 0 Å². The van der Waals surface area contributed by atoms with Crippen LogP contribution >= 0.6 is 0 Å². The van der Waals surface area contributed by atoms with E-state index >= 15 is 0 Å². The van der Waals surface area contributed by atoms with Crippen molar-refractivity contribution in [2.75, 3.05) is 20.6 Å². The summed E-state index contributed by atoms with van der Waals surface area (Å²) in [5, 5.41) is 0. The Kier molecular flexibility index (Phi) is 8.81. The van der Waals surface area contributed by atoms with Crippen LogP contribution in [0.1, 0.15) is 13.3 Å². The molecule has 0 saturated carbocycles. The molecule has 0 bridgehead atoms. The molecule has 0 aliphatic rings. The van der Waals surface area contributed by atoms with E-state index in [1.165, 1.54) is 0 Å².